The lowest BCUT2D eigenvalue weighted by Crippen LogP contribution is -2.44. The van der Waals surface area contributed by atoms with Crippen molar-refractivity contribution in [2.24, 2.45) is 5.92 Å². The standard InChI is InChI=1S/C17H18N2O4S2/c1-9(2)13(16(22)23)18-14(20)11-6-4-10(5-7-11)8-12-15(21)19(3)17(24)25-12/h4-9,13H,1-3H3,(H,18,20)(H,22,23)/b12-8+/t13-/m1/s1. The SMILES string of the molecule is CC(C)[C@@H](NC(=O)c1ccc(/C=C2/SC(=S)N(C)C2=O)cc1)C(=O)O. The highest BCUT2D eigenvalue weighted by Crippen LogP contribution is 2.31. The summed E-state index contributed by atoms with van der Waals surface area (Å²) in [4.78, 5) is 37.3. The summed E-state index contributed by atoms with van der Waals surface area (Å²) in [7, 11) is 1.62. The largest absolute Gasteiger partial charge is 0.480 e. The van der Waals surface area contributed by atoms with Gasteiger partial charge in [-0.15, -0.1) is 0 Å². The van der Waals surface area contributed by atoms with Crippen LogP contribution in [0.25, 0.3) is 6.08 Å². The van der Waals surface area contributed by atoms with Gasteiger partial charge in [-0.2, -0.15) is 0 Å². The van der Waals surface area contributed by atoms with Crippen LogP contribution in [0.4, 0.5) is 0 Å². The molecule has 0 spiro atoms. The number of likely N-dealkylation sites (N-methyl/N-ethyl adjacent to an activating group) is 1. The molecule has 0 unspecified atom stereocenters. The number of carbonyl (C=O) groups is 3. The molecule has 2 N–H and O–H groups in total. The van der Waals surface area contributed by atoms with E-state index >= 15 is 0 Å². The van der Waals surface area contributed by atoms with Gasteiger partial charge in [0.05, 0.1) is 4.91 Å². The summed E-state index contributed by atoms with van der Waals surface area (Å²) >= 11 is 6.30. The first-order chi connectivity index (χ1) is 11.7. The molecule has 0 saturated carbocycles. The van der Waals surface area contributed by atoms with Crippen molar-refractivity contribution in [1.29, 1.82) is 0 Å². The molecule has 0 bridgehead atoms. The number of thiocarbonyl (C=S) groups is 1. The van der Waals surface area contributed by atoms with Crippen molar-refractivity contribution in [2.75, 3.05) is 7.05 Å². The first-order valence-corrected chi connectivity index (χ1v) is 8.78. The minimum absolute atomic E-state index is 0.155. The lowest BCUT2D eigenvalue weighted by Gasteiger charge is -2.17. The number of carboxylic acid groups (broad SMARTS) is 1. The fourth-order valence-corrected chi connectivity index (χ4v) is 3.35. The van der Waals surface area contributed by atoms with E-state index in [1.807, 2.05) is 0 Å². The molecular formula is C17H18N2O4S2. The maximum atomic E-state index is 12.2. The van der Waals surface area contributed by atoms with Gasteiger partial charge >= 0.3 is 5.97 Å². The molecule has 1 aliphatic rings. The molecule has 1 aromatic carbocycles. The Balaban J connectivity index is 2.12. The van der Waals surface area contributed by atoms with Gasteiger partial charge in [0.1, 0.15) is 10.4 Å². The monoisotopic (exact) mass is 378 g/mol. The quantitative estimate of drug-likeness (QED) is 0.604. The van der Waals surface area contributed by atoms with Crippen molar-refractivity contribution in [3.8, 4) is 0 Å². The molecule has 1 aromatic rings. The molecule has 8 heteroatoms. The highest BCUT2D eigenvalue weighted by molar-refractivity contribution is 8.26. The molecule has 0 aliphatic carbocycles. The van der Waals surface area contributed by atoms with Crippen molar-refractivity contribution in [1.82, 2.24) is 10.2 Å². The first kappa shape index (κ1) is 19.1. The van der Waals surface area contributed by atoms with Crippen molar-refractivity contribution in [3.05, 3.63) is 40.3 Å². The Kier molecular flexibility index (Phi) is 5.97. The second-order valence-electron chi connectivity index (χ2n) is 5.90. The number of hydrogen-bond donors (Lipinski definition) is 2. The smallest absolute Gasteiger partial charge is 0.326 e. The van der Waals surface area contributed by atoms with Crippen LogP contribution in [-0.4, -0.2) is 45.2 Å². The molecular weight excluding hydrogens is 360 g/mol. The van der Waals surface area contributed by atoms with Crippen LogP contribution in [0.5, 0.6) is 0 Å². The van der Waals surface area contributed by atoms with Gasteiger partial charge in [0.15, 0.2) is 0 Å². The molecule has 25 heavy (non-hydrogen) atoms. The average molecular weight is 378 g/mol. The number of nitrogens with one attached hydrogen (secondary N) is 1. The fourth-order valence-electron chi connectivity index (χ4n) is 2.17. The van der Waals surface area contributed by atoms with E-state index in [0.717, 1.165) is 5.56 Å². The van der Waals surface area contributed by atoms with Gasteiger partial charge in [0.2, 0.25) is 0 Å². The van der Waals surface area contributed by atoms with Crippen LogP contribution >= 0.6 is 24.0 Å². The average Bonchev–Trinajstić information content (AvgIpc) is 2.79. The Hall–Kier alpha value is -2.19. The number of carboxylic acids is 1. The van der Waals surface area contributed by atoms with Crippen LogP contribution in [0.3, 0.4) is 0 Å². The minimum Gasteiger partial charge on any atom is -0.480 e. The topological polar surface area (TPSA) is 86.7 Å². The van der Waals surface area contributed by atoms with Gasteiger partial charge in [-0.05, 0) is 29.7 Å². The molecule has 132 valence electrons. The van der Waals surface area contributed by atoms with Crippen LogP contribution in [0, 0.1) is 5.92 Å². The Bertz CT molecular complexity index is 756. The van der Waals surface area contributed by atoms with Gasteiger partial charge in [0.25, 0.3) is 11.8 Å². The second kappa shape index (κ2) is 7.79. The summed E-state index contributed by atoms with van der Waals surface area (Å²) in [6.45, 7) is 3.46. The summed E-state index contributed by atoms with van der Waals surface area (Å²) in [6.07, 6.45) is 1.71. The second-order valence-corrected chi connectivity index (χ2v) is 7.57. The highest BCUT2D eigenvalue weighted by atomic mass is 32.2. The zero-order chi connectivity index (χ0) is 18.7. The van der Waals surface area contributed by atoms with E-state index in [1.165, 1.54) is 16.7 Å². The number of thioether (sulfide) groups is 1. The molecule has 1 fully saturated rings. The van der Waals surface area contributed by atoms with Gasteiger partial charge in [-0.3, -0.25) is 14.5 Å². The predicted octanol–water partition coefficient (Wildman–Crippen LogP) is 2.36. The van der Waals surface area contributed by atoms with Crippen molar-refractivity contribution in [3.63, 3.8) is 0 Å². The van der Waals surface area contributed by atoms with Crippen molar-refractivity contribution < 1.29 is 19.5 Å². The van der Waals surface area contributed by atoms with Crippen LogP contribution in [0.15, 0.2) is 29.2 Å². The third-order valence-electron chi connectivity index (χ3n) is 3.68. The summed E-state index contributed by atoms with van der Waals surface area (Å²) in [5.74, 6) is -1.90. The van der Waals surface area contributed by atoms with E-state index in [0.29, 0.717) is 14.8 Å². The molecule has 1 aliphatic heterocycles. The zero-order valence-electron chi connectivity index (χ0n) is 14.0. The Labute approximate surface area is 155 Å². The number of benzene rings is 1. The van der Waals surface area contributed by atoms with Crippen molar-refractivity contribution >= 4 is 52.2 Å². The maximum absolute atomic E-state index is 12.2. The van der Waals surface area contributed by atoms with Gasteiger partial charge in [-0.25, -0.2) is 4.79 Å². The number of hydrogen-bond acceptors (Lipinski definition) is 5. The molecule has 0 aromatic heterocycles. The lowest BCUT2D eigenvalue weighted by atomic mass is 10.0. The minimum atomic E-state index is -1.07. The van der Waals surface area contributed by atoms with E-state index in [4.69, 9.17) is 17.3 Å². The van der Waals surface area contributed by atoms with Crippen LogP contribution in [0.1, 0.15) is 29.8 Å². The number of rotatable bonds is 5. The highest BCUT2D eigenvalue weighted by Gasteiger charge is 2.28. The Morgan fingerprint density at radius 1 is 1.28 bits per heavy atom. The first-order valence-electron chi connectivity index (χ1n) is 7.56. The van der Waals surface area contributed by atoms with Gasteiger partial charge < -0.3 is 10.4 Å². The summed E-state index contributed by atoms with van der Waals surface area (Å²) in [5.41, 5.74) is 1.11. The van der Waals surface area contributed by atoms with Crippen LogP contribution in [0.2, 0.25) is 0 Å². The predicted molar refractivity (Wildman–Crippen MR) is 101 cm³/mol. The summed E-state index contributed by atoms with van der Waals surface area (Å²) in [6, 6.07) is 5.63. The number of nitrogens with zero attached hydrogens (tertiary/aromatic N) is 1. The number of carbonyl (C=O) groups excluding carboxylic acids is 2. The Morgan fingerprint density at radius 3 is 2.32 bits per heavy atom. The number of aliphatic carboxylic acids is 1. The molecule has 1 atom stereocenters. The zero-order valence-corrected chi connectivity index (χ0v) is 15.6. The number of amides is 2. The van der Waals surface area contributed by atoms with Crippen LogP contribution < -0.4 is 5.32 Å². The van der Waals surface area contributed by atoms with E-state index in [-0.39, 0.29) is 11.8 Å². The maximum Gasteiger partial charge on any atom is 0.326 e. The van der Waals surface area contributed by atoms with Crippen molar-refractivity contribution in [2.45, 2.75) is 19.9 Å². The molecule has 0 radical (unpaired) electrons. The Morgan fingerprint density at radius 2 is 1.88 bits per heavy atom. The van der Waals surface area contributed by atoms with E-state index in [2.05, 4.69) is 5.32 Å². The summed E-state index contributed by atoms with van der Waals surface area (Å²) in [5, 5.41) is 11.6. The lowest BCUT2D eigenvalue weighted by molar-refractivity contribution is -0.140. The van der Waals surface area contributed by atoms with Crippen LogP contribution in [-0.2, 0) is 9.59 Å². The molecule has 6 nitrogen and oxygen atoms in total. The fraction of sp³-hybridized carbons (Fsp3) is 0.294. The van der Waals surface area contributed by atoms with Gasteiger partial charge in [-0.1, -0.05) is 50.0 Å². The van der Waals surface area contributed by atoms with E-state index < -0.39 is 17.9 Å². The molecule has 1 saturated heterocycles. The molecule has 2 amide bonds. The third-order valence-corrected chi connectivity index (χ3v) is 5.16. The summed E-state index contributed by atoms with van der Waals surface area (Å²) < 4.78 is 0.501. The van der Waals surface area contributed by atoms with E-state index in [1.54, 1.807) is 51.2 Å². The third kappa shape index (κ3) is 4.46. The molecule has 2 rings (SSSR count). The van der Waals surface area contributed by atoms with Gasteiger partial charge in [0, 0.05) is 12.6 Å². The molecule has 1 heterocycles. The normalized spacial score (nSPS) is 17.3. The van der Waals surface area contributed by atoms with E-state index in [9.17, 15) is 14.4 Å².